The van der Waals surface area contributed by atoms with Gasteiger partial charge in [-0.15, -0.1) is 0 Å². The van der Waals surface area contributed by atoms with E-state index in [1.807, 2.05) is 0 Å². The summed E-state index contributed by atoms with van der Waals surface area (Å²) in [4.78, 5) is 0. The zero-order valence-corrected chi connectivity index (χ0v) is 9.92. The summed E-state index contributed by atoms with van der Waals surface area (Å²) in [5.74, 6) is 0. The third-order valence-electron chi connectivity index (χ3n) is 0.854. The predicted molar refractivity (Wildman–Crippen MR) is 40.5 cm³/mol. The molecule has 0 saturated carbocycles. The van der Waals surface area contributed by atoms with Gasteiger partial charge in [0, 0.05) is 0 Å². The predicted octanol–water partition coefficient (Wildman–Crippen LogP) is 3.24. The standard InChI is InChI=1S/C6H13.C2H5.Zn/c1-3-5-6-4-2;1-2;/h1,3-6H2,2H3;1H2,2H3;/q2*-1;+2. The van der Waals surface area contributed by atoms with Gasteiger partial charge in [0.2, 0.25) is 0 Å². The third-order valence-corrected chi connectivity index (χ3v) is 0.854. The van der Waals surface area contributed by atoms with Crippen LogP contribution < -0.4 is 0 Å². The molecule has 0 amide bonds. The van der Waals surface area contributed by atoms with Crippen LogP contribution in [-0.4, -0.2) is 0 Å². The molecule has 52 valence electrons. The molecule has 0 heterocycles. The van der Waals surface area contributed by atoms with E-state index in [1.54, 1.807) is 6.92 Å². The molecule has 0 radical (unpaired) electrons. The smallest absolute Gasteiger partial charge is 0.346 e. The molecule has 0 aromatic rings. The van der Waals surface area contributed by atoms with E-state index >= 15 is 0 Å². The van der Waals surface area contributed by atoms with Crippen molar-refractivity contribution in [3.8, 4) is 0 Å². The van der Waals surface area contributed by atoms with Gasteiger partial charge in [-0.1, -0.05) is 26.2 Å². The molecule has 0 rings (SSSR count). The van der Waals surface area contributed by atoms with E-state index in [0.29, 0.717) is 0 Å². The van der Waals surface area contributed by atoms with Gasteiger partial charge in [-0.25, -0.2) is 0 Å². The van der Waals surface area contributed by atoms with E-state index < -0.39 is 0 Å². The van der Waals surface area contributed by atoms with Crippen LogP contribution in [0.2, 0.25) is 0 Å². The summed E-state index contributed by atoms with van der Waals surface area (Å²) in [6, 6.07) is 0. The van der Waals surface area contributed by atoms with Crippen LogP contribution in [0.3, 0.4) is 0 Å². The Morgan fingerprint density at radius 2 is 1.56 bits per heavy atom. The van der Waals surface area contributed by atoms with Crippen molar-refractivity contribution in [3.63, 3.8) is 0 Å². The summed E-state index contributed by atoms with van der Waals surface area (Å²) < 4.78 is 0. The van der Waals surface area contributed by atoms with E-state index in [-0.39, 0.29) is 19.5 Å². The minimum absolute atomic E-state index is 0. The van der Waals surface area contributed by atoms with Crippen molar-refractivity contribution >= 4 is 0 Å². The molecule has 1 heteroatoms. The van der Waals surface area contributed by atoms with Crippen molar-refractivity contribution in [1.82, 2.24) is 0 Å². The zero-order valence-electron chi connectivity index (χ0n) is 6.95. The Labute approximate surface area is 73.2 Å². The molecule has 0 aromatic carbocycles. The van der Waals surface area contributed by atoms with Crippen molar-refractivity contribution in [3.05, 3.63) is 13.8 Å². The molecule has 0 N–H and O–H groups in total. The van der Waals surface area contributed by atoms with Gasteiger partial charge < -0.3 is 13.8 Å². The monoisotopic (exact) mass is 178 g/mol. The summed E-state index contributed by atoms with van der Waals surface area (Å²) in [7, 11) is 0. The first-order chi connectivity index (χ1) is 3.91. The fraction of sp³-hybridized carbons (Fsp3) is 0.750. The average Bonchev–Trinajstić information content (AvgIpc) is 1.88. The molecule has 0 aliphatic heterocycles. The molecule has 0 spiro atoms. The Kier molecular flexibility index (Phi) is 42.5. The molecule has 0 nitrogen and oxygen atoms in total. The molecule has 9 heavy (non-hydrogen) atoms. The Morgan fingerprint density at radius 1 is 1.11 bits per heavy atom. The Hall–Kier alpha value is 0.623. The first-order valence-electron chi connectivity index (χ1n) is 3.41. The van der Waals surface area contributed by atoms with Crippen molar-refractivity contribution in [2.45, 2.75) is 39.5 Å². The maximum Gasteiger partial charge on any atom is 2.00 e. The maximum absolute atomic E-state index is 3.72. The Bertz CT molecular complexity index is 16.5. The first kappa shape index (κ1) is 16.3. The van der Waals surface area contributed by atoms with Gasteiger partial charge in [-0.05, 0) is 0 Å². The topological polar surface area (TPSA) is 0 Å². The second-order valence-corrected chi connectivity index (χ2v) is 1.56. The Morgan fingerprint density at radius 3 is 1.67 bits per heavy atom. The van der Waals surface area contributed by atoms with Crippen LogP contribution in [-0.2, 0) is 19.5 Å². The number of rotatable bonds is 3. The molecule has 0 bridgehead atoms. The van der Waals surface area contributed by atoms with Gasteiger partial charge in [-0.2, -0.15) is 13.3 Å². The maximum atomic E-state index is 3.72. The van der Waals surface area contributed by atoms with Gasteiger partial charge in [0.15, 0.2) is 0 Å². The number of hydrogen-bond donors (Lipinski definition) is 0. The van der Waals surface area contributed by atoms with Gasteiger partial charge in [0.25, 0.3) is 0 Å². The summed E-state index contributed by atoms with van der Waals surface area (Å²) in [5, 5.41) is 0. The molecule has 0 aliphatic rings. The normalized spacial score (nSPS) is 6.67. The summed E-state index contributed by atoms with van der Waals surface area (Å²) in [6.45, 7) is 10.9. The zero-order chi connectivity index (χ0) is 6.83. The largest absolute Gasteiger partial charge is 2.00 e. The van der Waals surface area contributed by atoms with Crippen molar-refractivity contribution in [2.24, 2.45) is 0 Å². The fourth-order valence-corrected chi connectivity index (χ4v) is 0.427. The minimum Gasteiger partial charge on any atom is -0.346 e. The van der Waals surface area contributed by atoms with Crippen molar-refractivity contribution < 1.29 is 19.5 Å². The molecule has 0 unspecified atom stereocenters. The average molecular weight is 180 g/mol. The van der Waals surface area contributed by atoms with Crippen LogP contribution in [0.4, 0.5) is 0 Å². The molecule has 0 fully saturated rings. The van der Waals surface area contributed by atoms with E-state index in [0.717, 1.165) is 6.42 Å². The molecule has 0 saturated heterocycles. The summed E-state index contributed by atoms with van der Waals surface area (Å²) in [6.07, 6.45) is 5.07. The minimum atomic E-state index is 0. The molecular weight excluding hydrogens is 161 g/mol. The second-order valence-electron chi connectivity index (χ2n) is 1.56. The fourth-order valence-electron chi connectivity index (χ4n) is 0.427. The van der Waals surface area contributed by atoms with Gasteiger partial charge in [-0.3, -0.25) is 0 Å². The van der Waals surface area contributed by atoms with Crippen LogP contribution in [0, 0.1) is 13.8 Å². The third kappa shape index (κ3) is 28.8. The van der Waals surface area contributed by atoms with Crippen molar-refractivity contribution in [2.75, 3.05) is 0 Å². The van der Waals surface area contributed by atoms with Gasteiger partial charge in [0.1, 0.15) is 0 Å². The van der Waals surface area contributed by atoms with Crippen LogP contribution in [0.1, 0.15) is 39.5 Å². The number of hydrogen-bond acceptors (Lipinski definition) is 0. The van der Waals surface area contributed by atoms with Crippen LogP contribution in [0.15, 0.2) is 0 Å². The van der Waals surface area contributed by atoms with E-state index in [9.17, 15) is 0 Å². The second kappa shape index (κ2) is 23.4. The SMILES string of the molecule is [CH2-]C.[CH2-]CCCCC.[Zn+2]. The molecule has 0 aromatic heterocycles. The van der Waals surface area contributed by atoms with E-state index in [1.165, 1.54) is 19.3 Å². The van der Waals surface area contributed by atoms with Gasteiger partial charge >= 0.3 is 19.5 Å². The summed E-state index contributed by atoms with van der Waals surface area (Å²) >= 11 is 0. The molecular formula is C8H18Zn. The summed E-state index contributed by atoms with van der Waals surface area (Å²) in [5.41, 5.74) is 0. The van der Waals surface area contributed by atoms with Crippen LogP contribution in [0.25, 0.3) is 0 Å². The van der Waals surface area contributed by atoms with Crippen LogP contribution >= 0.6 is 0 Å². The molecule has 0 aliphatic carbocycles. The Balaban J connectivity index is -0.000000109. The van der Waals surface area contributed by atoms with Crippen molar-refractivity contribution in [1.29, 1.82) is 0 Å². The quantitative estimate of drug-likeness (QED) is 0.355. The van der Waals surface area contributed by atoms with Gasteiger partial charge in [0.05, 0.1) is 0 Å². The molecule has 0 atom stereocenters. The number of unbranched alkanes of at least 4 members (excludes halogenated alkanes) is 3. The van der Waals surface area contributed by atoms with E-state index in [4.69, 9.17) is 0 Å². The van der Waals surface area contributed by atoms with E-state index in [2.05, 4.69) is 20.8 Å². The van der Waals surface area contributed by atoms with Crippen LogP contribution in [0.5, 0.6) is 0 Å². The first-order valence-corrected chi connectivity index (χ1v) is 3.41.